The van der Waals surface area contributed by atoms with Gasteiger partial charge >= 0.3 is 0 Å². The summed E-state index contributed by atoms with van der Waals surface area (Å²) < 4.78 is 5.96. The Hall–Kier alpha value is -0.450. The number of ether oxygens (including phenoxy) is 1. The van der Waals surface area contributed by atoms with Gasteiger partial charge in [-0.15, -0.1) is 11.3 Å². The lowest BCUT2D eigenvalue weighted by Crippen LogP contribution is -2.48. The van der Waals surface area contributed by atoms with Crippen molar-refractivity contribution in [2.75, 3.05) is 0 Å². The fourth-order valence-electron chi connectivity index (χ4n) is 2.80. The van der Waals surface area contributed by atoms with Gasteiger partial charge in [0.25, 0.3) is 0 Å². The zero-order valence-electron chi connectivity index (χ0n) is 11.2. The molecule has 4 heteroatoms. The van der Waals surface area contributed by atoms with E-state index in [1.807, 2.05) is 40.0 Å². The molecule has 1 aliphatic rings. The lowest BCUT2D eigenvalue weighted by Gasteiger charge is -2.34. The van der Waals surface area contributed by atoms with Crippen molar-refractivity contribution in [3.8, 4) is 0 Å². The number of aryl methyl sites for hydroxylation is 1. The number of nitrogens with zero attached hydrogens (tertiary/aromatic N) is 1. The van der Waals surface area contributed by atoms with Gasteiger partial charge in [-0.3, -0.25) is 0 Å². The van der Waals surface area contributed by atoms with Gasteiger partial charge in [0.2, 0.25) is 0 Å². The minimum atomic E-state index is -0.836. The van der Waals surface area contributed by atoms with E-state index in [1.54, 1.807) is 11.3 Å². The summed E-state index contributed by atoms with van der Waals surface area (Å²) in [5.41, 5.74) is -0.682. The monoisotopic (exact) mass is 255 g/mol. The molecule has 0 aromatic carbocycles. The van der Waals surface area contributed by atoms with E-state index in [1.165, 1.54) is 0 Å². The van der Waals surface area contributed by atoms with Gasteiger partial charge in [-0.05, 0) is 34.6 Å². The maximum atomic E-state index is 10.9. The van der Waals surface area contributed by atoms with Gasteiger partial charge in [0.15, 0.2) is 0 Å². The van der Waals surface area contributed by atoms with Crippen molar-refractivity contribution in [3.63, 3.8) is 0 Å². The van der Waals surface area contributed by atoms with Gasteiger partial charge in [-0.1, -0.05) is 0 Å². The highest BCUT2D eigenvalue weighted by Crippen LogP contribution is 2.46. The van der Waals surface area contributed by atoms with Crippen LogP contribution in [-0.4, -0.2) is 26.9 Å². The summed E-state index contributed by atoms with van der Waals surface area (Å²) in [6.07, 6.45) is 1.21. The molecule has 2 heterocycles. The number of aliphatic hydroxyl groups is 1. The van der Waals surface area contributed by atoms with Crippen molar-refractivity contribution in [1.82, 2.24) is 4.98 Å². The summed E-state index contributed by atoms with van der Waals surface area (Å²) in [4.78, 5) is 4.44. The third-order valence-electron chi connectivity index (χ3n) is 3.51. The van der Waals surface area contributed by atoms with Crippen LogP contribution in [0.15, 0.2) is 5.38 Å². The third-order valence-corrected chi connectivity index (χ3v) is 4.33. The van der Waals surface area contributed by atoms with Gasteiger partial charge in [0.05, 0.1) is 21.9 Å². The average molecular weight is 255 g/mol. The Kier molecular flexibility index (Phi) is 2.88. The van der Waals surface area contributed by atoms with Crippen LogP contribution < -0.4 is 0 Å². The Morgan fingerprint density at radius 1 is 1.41 bits per heavy atom. The maximum Gasteiger partial charge on any atom is 0.101 e. The maximum absolute atomic E-state index is 10.9. The molecule has 0 amide bonds. The Morgan fingerprint density at radius 2 is 2.06 bits per heavy atom. The standard InChI is InChI=1S/C13H21NO2S/c1-9-14-10(7-17-9)6-13(15)8-11(2,3)16-12(13,4)5/h7,15H,6,8H2,1-5H3. The molecular weight excluding hydrogens is 234 g/mol. The van der Waals surface area contributed by atoms with Gasteiger partial charge in [-0.25, -0.2) is 4.98 Å². The van der Waals surface area contributed by atoms with Crippen LogP contribution in [0.2, 0.25) is 0 Å². The van der Waals surface area contributed by atoms with Crippen LogP contribution in [0, 0.1) is 6.92 Å². The summed E-state index contributed by atoms with van der Waals surface area (Å²) in [6, 6.07) is 0. The second-order valence-electron chi connectivity index (χ2n) is 6.12. The summed E-state index contributed by atoms with van der Waals surface area (Å²) in [5.74, 6) is 0. The summed E-state index contributed by atoms with van der Waals surface area (Å²) in [7, 11) is 0. The molecule has 1 aliphatic heterocycles. The van der Waals surface area contributed by atoms with Crippen LogP contribution in [0.4, 0.5) is 0 Å². The fraction of sp³-hybridized carbons (Fsp3) is 0.769. The number of rotatable bonds is 2. The lowest BCUT2D eigenvalue weighted by atomic mass is 9.79. The normalized spacial score (nSPS) is 30.7. The summed E-state index contributed by atoms with van der Waals surface area (Å²) in [6.45, 7) is 9.96. The van der Waals surface area contributed by atoms with E-state index in [4.69, 9.17) is 4.74 Å². The highest BCUT2D eigenvalue weighted by molar-refractivity contribution is 7.09. The molecule has 1 aromatic rings. The molecule has 1 saturated heterocycles. The number of thiazole rings is 1. The van der Waals surface area contributed by atoms with Gasteiger partial charge in [0.1, 0.15) is 5.60 Å². The molecule has 1 atom stereocenters. The van der Waals surface area contributed by atoms with Crippen molar-refractivity contribution >= 4 is 11.3 Å². The van der Waals surface area contributed by atoms with Crippen LogP contribution in [-0.2, 0) is 11.2 Å². The number of hydrogen-bond donors (Lipinski definition) is 1. The minimum Gasteiger partial charge on any atom is -0.386 e. The van der Waals surface area contributed by atoms with E-state index in [0.717, 1.165) is 10.7 Å². The molecule has 1 aromatic heterocycles. The molecule has 96 valence electrons. The highest BCUT2D eigenvalue weighted by Gasteiger charge is 2.56. The second-order valence-corrected chi connectivity index (χ2v) is 7.18. The Morgan fingerprint density at radius 3 is 2.47 bits per heavy atom. The smallest absolute Gasteiger partial charge is 0.101 e. The molecule has 0 spiro atoms. The van der Waals surface area contributed by atoms with Crippen LogP contribution >= 0.6 is 11.3 Å². The quantitative estimate of drug-likeness (QED) is 0.883. The van der Waals surface area contributed by atoms with Crippen LogP contribution in [0.3, 0.4) is 0 Å². The largest absolute Gasteiger partial charge is 0.386 e. The SMILES string of the molecule is Cc1nc(CC2(O)CC(C)(C)OC2(C)C)cs1. The van der Waals surface area contributed by atoms with Crippen molar-refractivity contribution in [2.45, 2.75) is 64.3 Å². The van der Waals surface area contributed by atoms with Crippen molar-refractivity contribution < 1.29 is 9.84 Å². The van der Waals surface area contributed by atoms with E-state index in [-0.39, 0.29) is 5.60 Å². The van der Waals surface area contributed by atoms with Crippen molar-refractivity contribution in [2.24, 2.45) is 0 Å². The Labute approximate surface area is 107 Å². The number of hydrogen-bond acceptors (Lipinski definition) is 4. The van der Waals surface area contributed by atoms with E-state index in [0.29, 0.717) is 12.8 Å². The van der Waals surface area contributed by atoms with Crippen LogP contribution in [0.1, 0.15) is 44.8 Å². The minimum absolute atomic E-state index is 0.274. The van der Waals surface area contributed by atoms with E-state index in [9.17, 15) is 5.11 Å². The van der Waals surface area contributed by atoms with Crippen molar-refractivity contribution in [3.05, 3.63) is 16.1 Å². The molecule has 1 N–H and O–H groups in total. The summed E-state index contributed by atoms with van der Waals surface area (Å²) in [5, 5.41) is 13.9. The first kappa shape index (κ1) is 13.0. The molecule has 0 aliphatic carbocycles. The zero-order valence-corrected chi connectivity index (χ0v) is 12.0. The van der Waals surface area contributed by atoms with Crippen LogP contribution in [0.5, 0.6) is 0 Å². The van der Waals surface area contributed by atoms with E-state index >= 15 is 0 Å². The first-order valence-corrected chi connectivity index (χ1v) is 6.85. The Bertz CT molecular complexity index is 425. The predicted molar refractivity (Wildman–Crippen MR) is 69.4 cm³/mol. The number of aromatic nitrogens is 1. The average Bonchev–Trinajstić information content (AvgIpc) is 2.52. The van der Waals surface area contributed by atoms with Gasteiger partial charge in [0, 0.05) is 18.2 Å². The predicted octanol–water partition coefficient (Wildman–Crippen LogP) is 2.70. The molecule has 3 nitrogen and oxygen atoms in total. The van der Waals surface area contributed by atoms with Crippen LogP contribution in [0.25, 0.3) is 0 Å². The molecule has 0 bridgehead atoms. The zero-order chi connectivity index (χ0) is 12.9. The summed E-state index contributed by atoms with van der Waals surface area (Å²) >= 11 is 1.62. The molecule has 0 radical (unpaired) electrons. The molecule has 1 unspecified atom stereocenters. The van der Waals surface area contributed by atoms with Crippen molar-refractivity contribution in [1.29, 1.82) is 0 Å². The molecule has 2 rings (SSSR count). The highest BCUT2D eigenvalue weighted by atomic mass is 32.1. The first-order chi connectivity index (χ1) is 7.64. The van der Waals surface area contributed by atoms with E-state index < -0.39 is 11.2 Å². The first-order valence-electron chi connectivity index (χ1n) is 5.97. The molecular formula is C13H21NO2S. The molecule has 1 fully saturated rings. The molecule has 0 saturated carbocycles. The second kappa shape index (κ2) is 3.77. The van der Waals surface area contributed by atoms with E-state index in [2.05, 4.69) is 4.98 Å². The fourth-order valence-corrected chi connectivity index (χ4v) is 3.42. The third kappa shape index (κ3) is 2.39. The Balaban J connectivity index is 2.24. The topological polar surface area (TPSA) is 42.4 Å². The molecule has 17 heavy (non-hydrogen) atoms. The van der Waals surface area contributed by atoms with Gasteiger partial charge < -0.3 is 9.84 Å². The lowest BCUT2D eigenvalue weighted by molar-refractivity contribution is -0.126. The van der Waals surface area contributed by atoms with Gasteiger partial charge in [-0.2, -0.15) is 0 Å².